The quantitative estimate of drug-likeness (QED) is 0.857. The van der Waals surface area contributed by atoms with Crippen molar-refractivity contribution in [1.82, 2.24) is 5.32 Å². The van der Waals surface area contributed by atoms with Gasteiger partial charge in [-0.1, -0.05) is 15.9 Å². The molecule has 1 heterocycles. The normalized spacial score (nSPS) is 11.6. The molecule has 0 saturated heterocycles. The largest absolute Gasteiger partial charge is 0.446 e. The Bertz CT molecular complexity index is 715. The van der Waals surface area contributed by atoms with Gasteiger partial charge in [0.2, 0.25) is 5.09 Å². The summed E-state index contributed by atoms with van der Waals surface area (Å²) in [5.41, 5.74) is -0.139. The zero-order valence-electron chi connectivity index (χ0n) is 10.5. The van der Waals surface area contributed by atoms with Gasteiger partial charge in [-0.25, -0.2) is 4.39 Å². The van der Waals surface area contributed by atoms with Crippen LogP contribution in [0.1, 0.15) is 5.76 Å². The minimum atomic E-state index is -3.95. The first-order valence-corrected chi connectivity index (χ1v) is 7.91. The van der Waals surface area contributed by atoms with Gasteiger partial charge in [-0.15, -0.1) is 0 Å². The average Bonchev–Trinajstić information content (AvgIpc) is 2.83. The predicted molar refractivity (Wildman–Crippen MR) is 76.4 cm³/mol. The van der Waals surface area contributed by atoms with E-state index in [1.54, 1.807) is 13.1 Å². The van der Waals surface area contributed by atoms with Crippen LogP contribution in [0.2, 0.25) is 0 Å². The molecule has 0 aliphatic carbocycles. The van der Waals surface area contributed by atoms with Crippen molar-refractivity contribution in [3.8, 4) is 0 Å². The molecule has 0 amide bonds. The number of nitrogens with one attached hydrogen (secondary N) is 2. The molecule has 0 atom stereocenters. The van der Waals surface area contributed by atoms with Crippen LogP contribution < -0.4 is 10.0 Å². The van der Waals surface area contributed by atoms with Crippen molar-refractivity contribution in [3.63, 3.8) is 0 Å². The molecule has 108 valence electrons. The summed E-state index contributed by atoms with van der Waals surface area (Å²) >= 11 is 3.10. The molecule has 1 aromatic carbocycles. The number of hydrogen-bond acceptors (Lipinski definition) is 4. The van der Waals surface area contributed by atoms with Crippen molar-refractivity contribution in [2.24, 2.45) is 0 Å². The SMILES string of the molecule is CNCc1ccc(S(=O)(=O)Nc2ccc(Br)cc2F)o1. The van der Waals surface area contributed by atoms with Crippen LogP contribution in [0.3, 0.4) is 0 Å². The monoisotopic (exact) mass is 362 g/mol. The molecule has 5 nitrogen and oxygen atoms in total. The zero-order chi connectivity index (χ0) is 14.8. The second-order valence-electron chi connectivity index (χ2n) is 3.98. The Morgan fingerprint density at radius 2 is 2.05 bits per heavy atom. The minimum Gasteiger partial charge on any atom is -0.446 e. The standard InChI is InChI=1S/C12H12BrFN2O3S/c1-15-7-9-3-5-12(19-9)20(17,18)16-11-4-2-8(13)6-10(11)14/h2-6,15-16H,7H2,1H3. The Kier molecular flexibility index (Phi) is 4.46. The van der Waals surface area contributed by atoms with Gasteiger partial charge < -0.3 is 9.73 Å². The summed E-state index contributed by atoms with van der Waals surface area (Å²) in [5, 5.41) is 2.58. The highest BCUT2D eigenvalue weighted by atomic mass is 79.9. The number of rotatable bonds is 5. The van der Waals surface area contributed by atoms with Gasteiger partial charge in [0.25, 0.3) is 10.0 Å². The number of benzene rings is 1. The number of furan rings is 1. The lowest BCUT2D eigenvalue weighted by Gasteiger charge is -2.07. The lowest BCUT2D eigenvalue weighted by atomic mass is 10.3. The Labute approximate surface area is 124 Å². The molecule has 0 unspecified atom stereocenters. The van der Waals surface area contributed by atoms with E-state index in [1.807, 2.05) is 0 Å². The predicted octanol–water partition coefficient (Wildman–Crippen LogP) is 2.70. The molecule has 0 saturated carbocycles. The molecule has 0 aliphatic rings. The van der Waals surface area contributed by atoms with Gasteiger partial charge >= 0.3 is 0 Å². The van der Waals surface area contributed by atoms with Crippen molar-refractivity contribution in [1.29, 1.82) is 0 Å². The van der Waals surface area contributed by atoms with Crippen molar-refractivity contribution >= 4 is 31.6 Å². The van der Waals surface area contributed by atoms with Gasteiger partial charge in [-0.05, 0) is 37.4 Å². The van der Waals surface area contributed by atoms with Gasteiger partial charge in [-0.3, -0.25) is 4.72 Å². The van der Waals surface area contributed by atoms with Crippen LogP contribution in [0.4, 0.5) is 10.1 Å². The van der Waals surface area contributed by atoms with E-state index in [0.29, 0.717) is 16.8 Å². The fraction of sp³-hybridized carbons (Fsp3) is 0.167. The molecule has 0 aliphatic heterocycles. The average molecular weight is 363 g/mol. The zero-order valence-corrected chi connectivity index (χ0v) is 12.9. The van der Waals surface area contributed by atoms with Gasteiger partial charge in [0.05, 0.1) is 12.2 Å². The third-order valence-electron chi connectivity index (χ3n) is 2.43. The van der Waals surface area contributed by atoms with Gasteiger partial charge in [0, 0.05) is 4.47 Å². The molecule has 2 aromatic rings. The summed E-state index contributed by atoms with van der Waals surface area (Å²) in [7, 11) is -2.23. The van der Waals surface area contributed by atoms with E-state index in [9.17, 15) is 12.8 Å². The number of hydrogen-bond donors (Lipinski definition) is 2. The van der Waals surface area contributed by atoms with Crippen molar-refractivity contribution < 1.29 is 17.2 Å². The molecular formula is C12H12BrFN2O3S. The first-order chi connectivity index (χ1) is 9.42. The van der Waals surface area contributed by atoms with Crippen LogP contribution >= 0.6 is 15.9 Å². The van der Waals surface area contributed by atoms with E-state index in [1.165, 1.54) is 24.3 Å². The fourth-order valence-electron chi connectivity index (χ4n) is 1.54. The van der Waals surface area contributed by atoms with E-state index in [4.69, 9.17) is 4.42 Å². The fourth-order valence-corrected chi connectivity index (χ4v) is 2.89. The van der Waals surface area contributed by atoms with Crippen molar-refractivity contribution in [2.75, 3.05) is 11.8 Å². The summed E-state index contributed by atoms with van der Waals surface area (Å²) in [6, 6.07) is 6.91. The minimum absolute atomic E-state index is 0.139. The van der Waals surface area contributed by atoms with Crippen LogP contribution in [0.25, 0.3) is 0 Å². The Balaban J connectivity index is 2.26. The molecule has 0 bridgehead atoms. The number of sulfonamides is 1. The summed E-state index contributed by atoms with van der Waals surface area (Å²) in [4.78, 5) is 0. The van der Waals surface area contributed by atoms with Crippen molar-refractivity contribution in [2.45, 2.75) is 11.6 Å². The van der Waals surface area contributed by atoms with Crippen LogP contribution in [0, 0.1) is 5.82 Å². The molecule has 8 heteroatoms. The maximum absolute atomic E-state index is 13.6. The van der Waals surface area contributed by atoms with Crippen LogP contribution in [0.15, 0.2) is 44.3 Å². The van der Waals surface area contributed by atoms with Gasteiger partial charge in [0.15, 0.2) is 0 Å². The lowest BCUT2D eigenvalue weighted by molar-refractivity contribution is 0.408. The van der Waals surface area contributed by atoms with E-state index < -0.39 is 15.8 Å². The maximum Gasteiger partial charge on any atom is 0.295 e. The molecule has 20 heavy (non-hydrogen) atoms. The van der Waals surface area contributed by atoms with Crippen LogP contribution in [-0.2, 0) is 16.6 Å². The number of anilines is 1. The molecule has 0 fully saturated rings. The highest BCUT2D eigenvalue weighted by molar-refractivity contribution is 9.10. The first kappa shape index (κ1) is 15.0. The number of halogens is 2. The van der Waals surface area contributed by atoms with E-state index >= 15 is 0 Å². The third-order valence-corrected chi connectivity index (χ3v) is 4.16. The maximum atomic E-state index is 13.6. The molecular weight excluding hydrogens is 351 g/mol. The second kappa shape index (κ2) is 5.94. The second-order valence-corrected chi connectivity index (χ2v) is 6.51. The summed E-state index contributed by atoms with van der Waals surface area (Å²) in [6.45, 7) is 0.405. The van der Waals surface area contributed by atoms with E-state index in [-0.39, 0.29) is 10.8 Å². The highest BCUT2D eigenvalue weighted by Gasteiger charge is 2.20. The van der Waals surface area contributed by atoms with Crippen LogP contribution in [0.5, 0.6) is 0 Å². The van der Waals surface area contributed by atoms with Gasteiger partial charge in [-0.2, -0.15) is 8.42 Å². The first-order valence-electron chi connectivity index (χ1n) is 5.63. The molecule has 2 rings (SSSR count). The van der Waals surface area contributed by atoms with E-state index in [2.05, 4.69) is 26.0 Å². The van der Waals surface area contributed by atoms with E-state index in [0.717, 1.165) is 0 Å². The Hall–Kier alpha value is -1.38. The highest BCUT2D eigenvalue weighted by Crippen LogP contribution is 2.23. The smallest absolute Gasteiger partial charge is 0.295 e. The summed E-state index contributed by atoms with van der Waals surface area (Å²) in [6.07, 6.45) is 0. The molecule has 1 aromatic heterocycles. The summed E-state index contributed by atoms with van der Waals surface area (Å²) < 4.78 is 45.6. The molecule has 2 N–H and O–H groups in total. The lowest BCUT2D eigenvalue weighted by Crippen LogP contribution is -2.13. The molecule has 0 spiro atoms. The Morgan fingerprint density at radius 1 is 1.30 bits per heavy atom. The van der Waals surface area contributed by atoms with Gasteiger partial charge in [0.1, 0.15) is 11.6 Å². The van der Waals surface area contributed by atoms with Crippen molar-refractivity contribution in [3.05, 3.63) is 46.4 Å². The Morgan fingerprint density at radius 3 is 2.70 bits per heavy atom. The third kappa shape index (κ3) is 3.38. The summed E-state index contributed by atoms with van der Waals surface area (Å²) in [5.74, 6) is -0.200. The molecule has 0 radical (unpaired) electrons. The van der Waals surface area contributed by atoms with Crippen LogP contribution in [-0.4, -0.2) is 15.5 Å². The topological polar surface area (TPSA) is 71.3 Å².